The molecule has 18 heavy (non-hydrogen) atoms. The number of nitrogens with zero attached hydrogens (tertiary/aromatic N) is 2. The van der Waals surface area contributed by atoms with Crippen LogP contribution in [0.3, 0.4) is 0 Å². The van der Waals surface area contributed by atoms with Crippen LogP contribution in [0.15, 0.2) is 24.3 Å². The second-order valence-corrected chi connectivity index (χ2v) is 4.88. The maximum Gasteiger partial charge on any atom is 0.0995 e. The van der Waals surface area contributed by atoms with Crippen LogP contribution in [0, 0.1) is 17.2 Å². The minimum atomic E-state index is 0.387. The zero-order valence-corrected chi connectivity index (χ0v) is 11.2. The van der Waals surface area contributed by atoms with E-state index in [2.05, 4.69) is 29.3 Å². The van der Waals surface area contributed by atoms with Gasteiger partial charge in [0.05, 0.1) is 11.6 Å². The first-order valence-electron chi connectivity index (χ1n) is 6.69. The van der Waals surface area contributed by atoms with E-state index in [1.807, 2.05) is 25.2 Å². The van der Waals surface area contributed by atoms with E-state index in [0.29, 0.717) is 12.0 Å². The Labute approximate surface area is 109 Å². The van der Waals surface area contributed by atoms with Crippen molar-refractivity contribution in [1.29, 1.82) is 5.26 Å². The summed E-state index contributed by atoms with van der Waals surface area (Å²) in [4.78, 5) is 2.48. The topological polar surface area (TPSA) is 39.1 Å². The van der Waals surface area contributed by atoms with Gasteiger partial charge >= 0.3 is 0 Å². The maximum absolute atomic E-state index is 9.27. The average Bonchev–Trinajstić information content (AvgIpc) is 2.82. The van der Waals surface area contributed by atoms with Crippen LogP contribution in [-0.4, -0.2) is 31.6 Å². The standard InChI is InChI=1S/C15H21N3/c1-3-18-9-8-13(11-17-2)15(18)14-7-5-4-6-12(14)10-16/h4-7,13,15,17H,3,8-9,11H2,1-2H3. The summed E-state index contributed by atoms with van der Waals surface area (Å²) in [5.74, 6) is 0.601. The molecule has 0 saturated carbocycles. The quantitative estimate of drug-likeness (QED) is 0.881. The maximum atomic E-state index is 9.27. The average molecular weight is 243 g/mol. The summed E-state index contributed by atoms with van der Waals surface area (Å²) in [6.07, 6.45) is 1.21. The summed E-state index contributed by atoms with van der Waals surface area (Å²) in [5, 5.41) is 12.6. The van der Waals surface area contributed by atoms with E-state index in [0.717, 1.165) is 25.2 Å². The summed E-state index contributed by atoms with van der Waals surface area (Å²) in [6, 6.07) is 10.7. The van der Waals surface area contributed by atoms with Crippen LogP contribution in [-0.2, 0) is 0 Å². The fourth-order valence-electron chi connectivity index (χ4n) is 3.06. The third-order valence-corrected chi connectivity index (χ3v) is 3.90. The van der Waals surface area contributed by atoms with E-state index < -0.39 is 0 Å². The first-order valence-corrected chi connectivity index (χ1v) is 6.69. The van der Waals surface area contributed by atoms with Gasteiger partial charge in [-0.25, -0.2) is 0 Å². The second kappa shape index (κ2) is 5.99. The van der Waals surface area contributed by atoms with Gasteiger partial charge in [-0.1, -0.05) is 25.1 Å². The van der Waals surface area contributed by atoms with Gasteiger partial charge in [-0.15, -0.1) is 0 Å². The Kier molecular flexibility index (Phi) is 4.35. The molecule has 1 aliphatic heterocycles. The zero-order valence-electron chi connectivity index (χ0n) is 11.2. The summed E-state index contributed by atoms with van der Waals surface area (Å²) in [7, 11) is 2.00. The minimum Gasteiger partial charge on any atom is -0.319 e. The SMILES string of the molecule is CCN1CCC(CNC)C1c1ccccc1C#N. The largest absolute Gasteiger partial charge is 0.319 e. The van der Waals surface area contributed by atoms with Crippen molar-refractivity contribution in [3.05, 3.63) is 35.4 Å². The van der Waals surface area contributed by atoms with E-state index >= 15 is 0 Å². The molecule has 0 amide bonds. The van der Waals surface area contributed by atoms with Gasteiger partial charge in [-0.2, -0.15) is 5.26 Å². The predicted octanol–water partition coefficient (Wildman–Crippen LogP) is 2.16. The molecule has 96 valence electrons. The van der Waals surface area contributed by atoms with Crippen molar-refractivity contribution in [2.75, 3.05) is 26.7 Å². The molecule has 2 rings (SSSR count). The first kappa shape index (κ1) is 13.1. The third kappa shape index (κ3) is 2.40. The Morgan fingerprint density at radius 2 is 2.22 bits per heavy atom. The van der Waals surface area contributed by atoms with Crippen molar-refractivity contribution in [3.63, 3.8) is 0 Å². The van der Waals surface area contributed by atoms with Gasteiger partial charge in [-0.05, 0) is 50.7 Å². The van der Waals surface area contributed by atoms with Crippen LogP contribution in [0.4, 0.5) is 0 Å². The molecule has 2 unspecified atom stereocenters. The minimum absolute atomic E-state index is 0.387. The number of nitriles is 1. The second-order valence-electron chi connectivity index (χ2n) is 4.88. The molecule has 3 nitrogen and oxygen atoms in total. The molecular weight excluding hydrogens is 222 g/mol. The van der Waals surface area contributed by atoms with Crippen LogP contribution < -0.4 is 5.32 Å². The Hall–Kier alpha value is -1.37. The lowest BCUT2D eigenvalue weighted by molar-refractivity contribution is 0.238. The molecule has 1 aromatic rings. The number of nitrogens with one attached hydrogen (secondary N) is 1. The van der Waals surface area contributed by atoms with E-state index in [-0.39, 0.29) is 0 Å². The van der Waals surface area contributed by atoms with E-state index in [1.165, 1.54) is 12.0 Å². The van der Waals surface area contributed by atoms with Crippen LogP contribution in [0.1, 0.15) is 30.5 Å². The molecular formula is C15H21N3. The number of hydrogen-bond donors (Lipinski definition) is 1. The molecule has 1 heterocycles. The Bertz CT molecular complexity index is 436. The molecule has 0 aromatic heterocycles. The molecule has 2 atom stereocenters. The summed E-state index contributed by atoms with van der Waals surface area (Å²) in [5.41, 5.74) is 2.02. The van der Waals surface area contributed by atoms with E-state index in [4.69, 9.17) is 0 Å². The highest BCUT2D eigenvalue weighted by Gasteiger charge is 2.34. The van der Waals surface area contributed by atoms with Crippen LogP contribution in [0.25, 0.3) is 0 Å². The predicted molar refractivity (Wildman–Crippen MR) is 73.2 cm³/mol. The fraction of sp³-hybridized carbons (Fsp3) is 0.533. The van der Waals surface area contributed by atoms with Gasteiger partial charge in [0.2, 0.25) is 0 Å². The normalized spacial score (nSPS) is 24.1. The van der Waals surface area contributed by atoms with E-state index in [1.54, 1.807) is 0 Å². The van der Waals surface area contributed by atoms with Gasteiger partial charge in [0.25, 0.3) is 0 Å². The highest BCUT2D eigenvalue weighted by molar-refractivity contribution is 5.40. The molecule has 1 fully saturated rings. The number of likely N-dealkylation sites (tertiary alicyclic amines) is 1. The summed E-state index contributed by atoms with van der Waals surface area (Å²) >= 11 is 0. The Balaban J connectivity index is 2.35. The highest BCUT2D eigenvalue weighted by atomic mass is 15.2. The zero-order chi connectivity index (χ0) is 13.0. The Morgan fingerprint density at radius 1 is 1.44 bits per heavy atom. The molecule has 3 heteroatoms. The molecule has 0 radical (unpaired) electrons. The first-order chi connectivity index (χ1) is 8.81. The smallest absolute Gasteiger partial charge is 0.0995 e. The number of hydrogen-bond acceptors (Lipinski definition) is 3. The highest BCUT2D eigenvalue weighted by Crippen LogP contribution is 2.37. The van der Waals surface area contributed by atoms with Crippen molar-refractivity contribution in [2.24, 2.45) is 5.92 Å². The van der Waals surface area contributed by atoms with Gasteiger partial charge < -0.3 is 5.32 Å². The van der Waals surface area contributed by atoms with Gasteiger partial charge in [0, 0.05) is 6.04 Å². The van der Waals surface area contributed by atoms with E-state index in [9.17, 15) is 5.26 Å². The van der Waals surface area contributed by atoms with Gasteiger partial charge in [-0.3, -0.25) is 4.90 Å². The molecule has 1 saturated heterocycles. The summed E-state index contributed by atoms with van der Waals surface area (Å²) in [6.45, 7) is 5.39. The van der Waals surface area contributed by atoms with Gasteiger partial charge in [0.15, 0.2) is 0 Å². The Morgan fingerprint density at radius 3 is 2.89 bits per heavy atom. The lowest BCUT2D eigenvalue weighted by Crippen LogP contribution is -2.29. The lowest BCUT2D eigenvalue weighted by atomic mass is 9.90. The van der Waals surface area contributed by atoms with Crippen molar-refractivity contribution in [2.45, 2.75) is 19.4 Å². The van der Waals surface area contributed by atoms with Crippen molar-refractivity contribution < 1.29 is 0 Å². The van der Waals surface area contributed by atoms with Crippen molar-refractivity contribution in [1.82, 2.24) is 10.2 Å². The van der Waals surface area contributed by atoms with Gasteiger partial charge in [0.1, 0.15) is 0 Å². The number of rotatable bonds is 4. The molecule has 1 aromatic carbocycles. The van der Waals surface area contributed by atoms with Crippen molar-refractivity contribution >= 4 is 0 Å². The summed E-state index contributed by atoms with van der Waals surface area (Å²) < 4.78 is 0. The molecule has 0 spiro atoms. The monoisotopic (exact) mass is 243 g/mol. The van der Waals surface area contributed by atoms with Crippen molar-refractivity contribution in [3.8, 4) is 6.07 Å². The molecule has 0 bridgehead atoms. The fourth-order valence-corrected chi connectivity index (χ4v) is 3.06. The number of benzene rings is 1. The lowest BCUT2D eigenvalue weighted by Gasteiger charge is -2.28. The van der Waals surface area contributed by atoms with Crippen LogP contribution >= 0.6 is 0 Å². The molecule has 1 aliphatic rings. The molecule has 0 aliphatic carbocycles. The third-order valence-electron chi connectivity index (χ3n) is 3.90. The molecule has 1 N–H and O–H groups in total. The van der Waals surface area contributed by atoms with Crippen LogP contribution in [0.5, 0.6) is 0 Å². The van der Waals surface area contributed by atoms with Crippen LogP contribution in [0.2, 0.25) is 0 Å².